The van der Waals surface area contributed by atoms with Crippen LogP contribution in [-0.2, 0) is 14.3 Å². The third-order valence-corrected chi connectivity index (χ3v) is 2.85. The Kier molecular flexibility index (Phi) is 8.54. The number of nitrogens with two attached hydrogens (primary N) is 2. The maximum Gasteiger partial charge on any atom is 0.315 e. The molecule has 1 aromatic rings. The number of benzene rings is 1. The van der Waals surface area contributed by atoms with E-state index in [9.17, 15) is 19.7 Å². The molecule has 0 fully saturated rings. The number of thioether (sulfide) groups is 1. The molecule has 8 nitrogen and oxygen atoms in total. The van der Waals surface area contributed by atoms with Gasteiger partial charge in [0.1, 0.15) is 6.42 Å². The van der Waals surface area contributed by atoms with Gasteiger partial charge in [0.15, 0.2) is 0 Å². The maximum atomic E-state index is 10.3. The van der Waals surface area contributed by atoms with E-state index in [-0.39, 0.29) is 18.7 Å². The molecule has 0 aliphatic rings. The van der Waals surface area contributed by atoms with Crippen LogP contribution in [0.5, 0.6) is 0 Å². The maximum absolute atomic E-state index is 10.3. The SMILES string of the molecule is CCOC(=O)CC(N)=O.CSc1cc([N+](=O)[O-])ccc1N. The van der Waals surface area contributed by atoms with Gasteiger partial charge < -0.3 is 16.2 Å². The molecule has 21 heavy (non-hydrogen) atoms. The van der Waals surface area contributed by atoms with Crippen molar-refractivity contribution in [3.63, 3.8) is 0 Å². The molecule has 9 heteroatoms. The minimum atomic E-state index is -0.659. The second-order valence-corrected chi connectivity index (χ2v) is 4.48. The minimum absolute atomic E-state index is 0.0774. The van der Waals surface area contributed by atoms with Crippen molar-refractivity contribution < 1.29 is 19.2 Å². The summed E-state index contributed by atoms with van der Waals surface area (Å²) >= 11 is 1.40. The lowest BCUT2D eigenvalue weighted by atomic mass is 10.3. The Morgan fingerprint density at radius 1 is 1.43 bits per heavy atom. The van der Waals surface area contributed by atoms with Crippen molar-refractivity contribution in [3.05, 3.63) is 28.3 Å². The Hall–Kier alpha value is -2.29. The number of nitro groups is 1. The van der Waals surface area contributed by atoms with Crippen molar-refractivity contribution in [1.29, 1.82) is 0 Å². The molecule has 0 bridgehead atoms. The number of rotatable bonds is 5. The largest absolute Gasteiger partial charge is 0.466 e. The summed E-state index contributed by atoms with van der Waals surface area (Å²) in [4.78, 5) is 31.0. The highest BCUT2D eigenvalue weighted by Crippen LogP contribution is 2.26. The number of nitrogens with zero attached hydrogens (tertiary/aromatic N) is 1. The average molecular weight is 315 g/mol. The zero-order valence-corrected chi connectivity index (χ0v) is 12.5. The van der Waals surface area contributed by atoms with E-state index in [4.69, 9.17) is 5.73 Å². The minimum Gasteiger partial charge on any atom is -0.466 e. The molecule has 0 aliphatic carbocycles. The summed E-state index contributed by atoms with van der Waals surface area (Å²) in [7, 11) is 0. The molecule has 1 amide bonds. The number of hydrogen-bond donors (Lipinski definition) is 2. The fourth-order valence-corrected chi connectivity index (χ4v) is 1.71. The van der Waals surface area contributed by atoms with Gasteiger partial charge in [-0.05, 0) is 19.2 Å². The first-order valence-corrected chi connectivity index (χ1v) is 7.06. The van der Waals surface area contributed by atoms with E-state index in [1.807, 2.05) is 6.26 Å². The molecule has 0 aromatic heterocycles. The van der Waals surface area contributed by atoms with Crippen LogP contribution in [0.4, 0.5) is 11.4 Å². The zero-order valence-electron chi connectivity index (χ0n) is 11.7. The molecule has 0 heterocycles. The van der Waals surface area contributed by atoms with Crippen LogP contribution in [0.1, 0.15) is 13.3 Å². The predicted molar refractivity (Wildman–Crippen MR) is 79.7 cm³/mol. The molecule has 116 valence electrons. The van der Waals surface area contributed by atoms with Crippen molar-refractivity contribution in [3.8, 4) is 0 Å². The van der Waals surface area contributed by atoms with Crippen LogP contribution in [0.25, 0.3) is 0 Å². The van der Waals surface area contributed by atoms with E-state index in [0.717, 1.165) is 4.90 Å². The predicted octanol–water partition coefficient (Wildman–Crippen LogP) is 1.32. The molecular weight excluding hydrogens is 298 g/mol. The lowest BCUT2D eigenvalue weighted by Gasteiger charge is -2.00. The Labute approximate surface area is 126 Å². The van der Waals surface area contributed by atoms with Crippen LogP contribution in [0.2, 0.25) is 0 Å². The van der Waals surface area contributed by atoms with Crippen LogP contribution in [0, 0.1) is 10.1 Å². The molecule has 0 radical (unpaired) electrons. The summed E-state index contributed by atoms with van der Waals surface area (Å²) in [5.41, 5.74) is 10.9. The Morgan fingerprint density at radius 3 is 2.48 bits per heavy atom. The second-order valence-electron chi connectivity index (χ2n) is 3.63. The van der Waals surface area contributed by atoms with E-state index in [2.05, 4.69) is 10.5 Å². The second kappa shape index (κ2) is 9.59. The smallest absolute Gasteiger partial charge is 0.315 e. The highest BCUT2D eigenvalue weighted by Gasteiger charge is 2.07. The van der Waals surface area contributed by atoms with E-state index >= 15 is 0 Å². The van der Waals surface area contributed by atoms with Crippen LogP contribution in [0.3, 0.4) is 0 Å². The van der Waals surface area contributed by atoms with Gasteiger partial charge in [-0.2, -0.15) is 0 Å². The van der Waals surface area contributed by atoms with Crippen molar-refractivity contribution in [2.24, 2.45) is 5.73 Å². The van der Waals surface area contributed by atoms with Crippen LogP contribution >= 0.6 is 11.8 Å². The lowest BCUT2D eigenvalue weighted by Crippen LogP contribution is -2.17. The number of nitrogen functional groups attached to an aromatic ring is 1. The molecule has 0 saturated carbocycles. The van der Waals surface area contributed by atoms with Crippen molar-refractivity contribution in [1.82, 2.24) is 0 Å². The van der Waals surface area contributed by atoms with Gasteiger partial charge in [-0.25, -0.2) is 0 Å². The Bertz CT molecular complexity index is 522. The van der Waals surface area contributed by atoms with Gasteiger partial charge >= 0.3 is 5.97 Å². The quantitative estimate of drug-likeness (QED) is 0.208. The molecule has 0 aliphatic heterocycles. The summed E-state index contributed by atoms with van der Waals surface area (Å²) in [6.45, 7) is 1.95. The van der Waals surface area contributed by atoms with Crippen LogP contribution in [0.15, 0.2) is 23.1 Å². The number of ether oxygens (including phenoxy) is 1. The Morgan fingerprint density at radius 2 is 2.05 bits per heavy atom. The fourth-order valence-electron chi connectivity index (χ4n) is 1.17. The fraction of sp³-hybridized carbons (Fsp3) is 0.333. The molecule has 0 atom stereocenters. The lowest BCUT2D eigenvalue weighted by molar-refractivity contribution is -0.385. The summed E-state index contributed by atoms with van der Waals surface area (Å²) in [5.74, 6) is -1.22. The number of esters is 1. The van der Waals surface area contributed by atoms with Crippen molar-refractivity contribution in [2.75, 3.05) is 18.6 Å². The molecule has 0 spiro atoms. The number of carbonyl (C=O) groups excluding carboxylic acids is 2. The number of primary amides is 1. The zero-order chi connectivity index (χ0) is 16.4. The molecule has 1 rings (SSSR count). The number of carbonyl (C=O) groups is 2. The van der Waals surface area contributed by atoms with Gasteiger partial charge in [0.2, 0.25) is 5.91 Å². The van der Waals surface area contributed by atoms with Gasteiger partial charge in [0.25, 0.3) is 5.69 Å². The van der Waals surface area contributed by atoms with Crippen LogP contribution < -0.4 is 11.5 Å². The van der Waals surface area contributed by atoms with Gasteiger partial charge in [-0.3, -0.25) is 19.7 Å². The van der Waals surface area contributed by atoms with Crippen LogP contribution in [-0.4, -0.2) is 29.7 Å². The number of anilines is 1. The number of nitro benzene ring substituents is 1. The third kappa shape index (κ3) is 7.78. The highest BCUT2D eigenvalue weighted by molar-refractivity contribution is 7.98. The van der Waals surface area contributed by atoms with Crippen molar-refractivity contribution in [2.45, 2.75) is 18.2 Å². The monoisotopic (exact) mass is 315 g/mol. The number of non-ortho nitro benzene ring substituents is 1. The van der Waals surface area contributed by atoms with E-state index in [1.54, 1.807) is 13.0 Å². The summed E-state index contributed by atoms with van der Waals surface area (Å²) in [6, 6.07) is 4.42. The normalized spacial score (nSPS) is 9.24. The van der Waals surface area contributed by atoms with E-state index in [1.165, 1.54) is 23.9 Å². The van der Waals surface area contributed by atoms with E-state index < -0.39 is 16.8 Å². The molecule has 1 aromatic carbocycles. The average Bonchev–Trinajstić information content (AvgIpc) is 2.39. The number of amides is 1. The third-order valence-electron chi connectivity index (χ3n) is 2.05. The van der Waals surface area contributed by atoms with Gasteiger partial charge in [-0.1, -0.05) is 0 Å². The van der Waals surface area contributed by atoms with Gasteiger partial charge in [0, 0.05) is 22.7 Å². The number of hydrogen-bond acceptors (Lipinski definition) is 7. The topological polar surface area (TPSA) is 139 Å². The van der Waals surface area contributed by atoms with E-state index in [0.29, 0.717) is 5.69 Å². The summed E-state index contributed by atoms with van der Waals surface area (Å²) in [6.07, 6.45) is 1.50. The molecule has 0 saturated heterocycles. The van der Waals surface area contributed by atoms with Gasteiger partial charge in [0.05, 0.1) is 11.5 Å². The standard InChI is InChI=1S/C7H8N2O2S.C5H9NO3/c1-12-7-4-5(9(10)11)2-3-6(7)8;1-2-9-5(8)3-4(6)7/h2-4H,8H2,1H3;2-3H2,1H3,(H2,6,7). The summed E-state index contributed by atoms with van der Waals surface area (Å²) in [5, 5.41) is 10.3. The first-order chi connectivity index (χ1) is 9.81. The molecular formula is C12H17N3O5S. The first kappa shape index (κ1) is 18.7. The summed E-state index contributed by atoms with van der Waals surface area (Å²) < 4.78 is 4.41. The highest BCUT2D eigenvalue weighted by atomic mass is 32.2. The first-order valence-electron chi connectivity index (χ1n) is 5.83. The molecule has 4 N–H and O–H groups in total. The van der Waals surface area contributed by atoms with Crippen molar-refractivity contribution >= 4 is 35.0 Å². The molecule has 0 unspecified atom stereocenters. The Balaban J connectivity index is 0.000000400. The van der Waals surface area contributed by atoms with Gasteiger partial charge in [-0.15, -0.1) is 11.8 Å².